The van der Waals surface area contributed by atoms with Crippen LogP contribution in [0.25, 0.3) is 0 Å². The average molecular weight is 235 g/mol. The molecule has 92 valence electrons. The van der Waals surface area contributed by atoms with E-state index in [1.54, 1.807) is 19.1 Å². The molecule has 0 amide bonds. The van der Waals surface area contributed by atoms with Gasteiger partial charge < -0.3 is 10.6 Å². The molecule has 5 nitrogen and oxygen atoms in total. The molecule has 1 aliphatic rings. The second-order valence-electron chi connectivity index (χ2n) is 4.43. The third-order valence-electron chi connectivity index (χ3n) is 3.11. The molecule has 0 radical (unpaired) electrons. The predicted molar refractivity (Wildman–Crippen MR) is 67.3 cm³/mol. The Labute approximate surface area is 100 Å². The lowest BCUT2D eigenvalue weighted by Crippen LogP contribution is -2.29. The molecule has 2 N–H and O–H groups in total. The number of hydrogen-bond acceptors (Lipinski definition) is 4. The fourth-order valence-electron chi connectivity index (χ4n) is 2.14. The van der Waals surface area contributed by atoms with E-state index < -0.39 is 0 Å². The van der Waals surface area contributed by atoms with Gasteiger partial charge in [-0.05, 0) is 38.4 Å². The van der Waals surface area contributed by atoms with Gasteiger partial charge in [0.05, 0.1) is 4.92 Å². The largest absolute Gasteiger partial charge is 0.383 e. The lowest BCUT2D eigenvalue weighted by molar-refractivity contribution is -0.385. The second kappa shape index (κ2) is 5.14. The van der Waals surface area contributed by atoms with E-state index in [2.05, 4.69) is 10.6 Å². The molecule has 0 aromatic heterocycles. The molecular weight excluding hydrogens is 218 g/mol. The highest BCUT2D eigenvalue weighted by molar-refractivity contribution is 5.53. The van der Waals surface area contributed by atoms with Crippen LogP contribution in [0.2, 0.25) is 0 Å². The Kier molecular flexibility index (Phi) is 3.58. The van der Waals surface area contributed by atoms with Crippen molar-refractivity contribution < 1.29 is 4.92 Å². The standard InChI is InChI=1S/C12H17N3O2/c1-9-7-10(4-5-12(9)15(16)17)14-8-11-3-2-6-13-11/h4-5,7,11,13-14H,2-3,6,8H2,1H3. The Balaban J connectivity index is 1.97. The van der Waals surface area contributed by atoms with E-state index in [1.807, 2.05) is 6.07 Å². The van der Waals surface area contributed by atoms with Crippen molar-refractivity contribution in [2.45, 2.75) is 25.8 Å². The summed E-state index contributed by atoms with van der Waals surface area (Å²) in [5, 5.41) is 17.4. The molecule has 1 fully saturated rings. The number of nitrogens with one attached hydrogen (secondary N) is 2. The van der Waals surface area contributed by atoms with Crippen molar-refractivity contribution in [3.8, 4) is 0 Å². The minimum absolute atomic E-state index is 0.176. The summed E-state index contributed by atoms with van der Waals surface area (Å²) >= 11 is 0. The van der Waals surface area contributed by atoms with E-state index in [-0.39, 0.29) is 10.6 Å². The van der Waals surface area contributed by atoms with Crippen molar-refractivity contribution in [2.24, 2.45) is 0 Å². The summed E-state index contributed by atoms with van der Waals surface area (Å²) in [6.45, 7) is 3.72. The zero-order valence-electron chi connectivity index (χ0n) is 9.90. The summed E-state index contributed by atoms with van der Waals surface area (Å²) in [7, 11) is 0. The minimum Gasteiger partial charge on any atom is -0.383 e. The van der Waals surface area contributed by atoms with Crippen LogP contribution in [0.3, 0.4) is 0 Å². The fourth-order valence-corrected chi connectivity index (χ4v) is 2.14. The Morgan fingerprint density at radius 3 is 3.00 bits per heavy atom. The Morgan fingerprint density at radius 2 is 2.41 bits per heavy atom. The van der Waals surface area contributed by atoms with E-state index in [9.17, 15) is 10.1 Å². The van der Waals surface area contributed by atoms with Crippen molar-refractivity contribution >= 4 is 11.4 Å². The highest BCUT2D eigenvalue weighted by Gasteiger charge is 2.14. The molecule has 1 heterocycles. The molecule has 17 heavy (non-hydrogen) atoms. The van der Waals surface area contributed by atoms with Crippen molar-refractivity contribution in [2.75, 3.05) is 18.4 Å². The fraction of sp³-hybridized carbons (Fsp3) is 0.500. The van der Waals surface area contributed by atoms with Gasteiger partial charge in [-0.3, -0.25) is 10.1 Å². The summed E-state index contributed by atoms with van der Waals surface area (Å²) in [5.41, 5.74) is 1.82. The Bertz CT molecular complexity index is 414. The zero-order chi connectivity index (χ0) is 12.3. The third-order valence-corrected chi connectivity index (χ3v) is 3.11. The first kappa shape index (κ1) is 11.9. The Morgan fingerprint density at radius 1 is 1.59 bits per heavy atom. The number of nitro benzene ring substituents is 1. The van der Waals surface area contributed by atoms with Crippen molar-refractivity contribution in [3.05, 3.63) is 33.9 Å². The first-order valence-electron chi connectivity index (χ1n) is 5.89. The molecule has 1 aromatic carbocycles. The summed E-state index contributed by atoms with van der Waals surface area (Å²) < 4.78 is 0. The van der Waals surface area contributed by atoms with Crippen molar-refractivity contribution in [1.29, 1.82) is 0 Å². The lowest BCUT2D eigenvalue weighted by atomic mass is 10.1. The quantitative estimate of drug-likeness (QED) is 0.619. The van der Waals surface area contributed by atoms with Gasteiger partial charge in [0, 0.05) is 29.9 Å². The normalized spacial score (nSPS) is 19.2. The van der Waals surface area contributed by atoms with Gasteiger partial charge in [-0.2, -0.15) is 0 Å². The van der Waals surface area contributed by atoms with Crippen LogP contribution in [-0.4, -0.2) is 24.1 Å². The number of hydrogen-bond donors (Lipinski definition) is 2. The Hall–Kier alpha value is -1.62. The third kappa shape index (κ3) is 2.94. The van der Waals surface area contributed by atoms with Crippen LogP contribution in [0, 0.1) is 17.0 Å². The molecular formula is C12H17N3O2. The molecule has 0 aliphatic carbocycles. The molecule has 5 heteroatoms. The van der Waals surface area contributed by atoms with Crippen LogP contribution in [0.1, 0.15) is 18.4 Å². The van der Waals surface area contributed by atoms with Crippen LogP contribution in [0.15, 0.2) is 18.2 Å². The highest BCUT2D eigenvalue weighted by atomic mass is 16.6. The highest BCUT2D eigenvalue weighted by Crippen LogP contribution is 2.21. The maximum atomic E-state index is 10.7. The molecule has 1 saturated heterocycles. The minimum atomic E-state index is -0.350. The number of aryl methyl sites for hydroxylation is 1. The van der Waals surface area contributed by atoms with E-state index in [0.29, 0.717) is 11.6 Å². The van der Waals surface area contributed by atoms with Crippen LogP contribution in [0.5, 0.6) is 0 Å². The van der Waals surface area contributed by atoms with Gasteiger partial charge in [-0.25, -0.2) is 0 Å². The smallest absolute Gasteiger partial charge is 0.272 e. The second-order valence-corrected chi connectivity index (χ2v) is 4.43. The molecule has 0 spiro atoms. The van der Waals surface area contributed by atoms with Gasteiger partial charge in [-0.1, -0.05) is 0 Å². The monoisotopic (exact) mass is 235 g/mol. The van der Waals surface area contributed by atoms with Crippen molar-refractivity contribution in [3.63, 3.8) is 0 Å². The van der Waals surface area contributed by atoms with E-state index >= 15 is 0 Å². The van der Waals surface area contributed by atoms with Crippen LogP contribution >= 0.6 is 0 Å². The predicted octanol–water partition coefficient (Wildman–Crippen LogP) is 2.07. The number of nitrogens with zero attached hydrogens (tertiary/aromatic N) is 1. The summed E-state index contributed by atoms with van der Waals surface area (Å²) in [5.74, 6) is 0. The molecule has 1 unspecified atom stereocenters. The van der Waals surface area contributed by atoms with E-state index in [1.165, 1.54) is 12.8 Å². The molecule has 1 aromatic rings. The summed E-state index contributed by atoms with van der Waals surface area (Å²) in [6, 6.07) is 5.66. The zero-order valence-corrected chi connectivity index (χ0v) is 9.90. The number of anilines is 1. The first-order chi connectivity index (χ1) is 8.16. The van der Waals surface area contributed by atoms with Gasteiger partial charge in [-0.15, -0.1) is 0 Å². The number of benzene rings is 1. The van der Waals surface area contributed by atoms with Gasteiger partial charge in [0.2, 0.25) is 0 Å². The molecule has 2 rings (SSSR count). The molecule has 1 atom stereocenters. The SMILES string of the molecule is Cc1cc(NCC2CCCN2)ccc1[N+](=O)[O-]. The first-order valence-corrected chi connectivity index (χ1v) is 5.89. The van der Waals surface area contributed by atoms with Gasteiger partial charge in [0.25, 0.3) is 5.69 Å². The van der Waals surface area contributed by atoms with Gasteiger partial charge in [0.15, 0.2) is 0 Å². The van der Waals surface area contributed by atoms with Crippen LogP contribution in [-0.2, 0) is 0 Å². The number of nitro groups is 1. The van der Waals surface area contributed by atoms with Crippen molar-refractivity contribution in [1.82, 2.24) is 5.32 Å². The van der Waals surface area contributed by atoms with Gasteiger partial charge >= 0.3 is 0 Å². The van der Waals surface area contributed by atoms with E-state index in [4.69, 9.17) is 0 Å². The molecule has 0 bridgehead atoms. The molecule has 0 saturated carbocycles. The summed E-state index contributed by atoms with van der Waals surface area (Å²) in [6.07, 6.45) is 2.42. The van der Waals surface area contributed by atoms with Gasteiger partial charge in [0.1, 0.15) is 0 Å². The topological polar surface area (TPSA) is 67.2 Å². The maximum Gasteiger partial charge on any atom is 0.272 e. The van der Waals surface area contributed by atoms with E-state index in [0.717, 1.165) is 18.8 Å². The maximum absolute atomic E-state index is 10.7. The molecule has 1 aliphatic heterocycles. The average Bonchev–Trinajstić information content (AvgIpc) is 2.78. The summed E-state index contributed by atoms with van der Waals surface area (Å²) in [4.78, 5) is 10.3. The van der Waals surface area contributed by atoms with Crippen LogP contribution in [0.4, 0.5) is 11.4 Å². The lowest BCUT2D eigenvalue weighted by Gasteiger charge is -2.12. The number of rotatable bonds is 4. The van der Waals surface area contributed by atoms with Crippen LogP contribution < -0.4 is 10.6 Å².